The third-order valence-electron chi connectivity index (χ3n) is 11.4. The van der Waals surface area contributed by atoms with E-state index in [0.717, 1.165) is 50.2 Å². The van der Waals surface area contributed by atoms with Crippen LogP contribution in [-0.2, 0) is 14.3 Å². The molecule has 4 fully saturated rings. The van der Waals surface area contributed by atoms with Crippen LogP contribution in [-0.4, -0.2) is 69.1 Å². The minimum Gasteiger partial charge on any atom is -0.461 e. The maximum Gasteiger partial charge on any atom is 0.316 e. The molecule has 41 heavy (non-hydrogen) atoms. The molecule has 0 amide bonds. The Hall–Kier alpha value is -1.97. The molecule has 0 unspecified atom stereocenters. The predicted molar refractivity (Wildman–Crippen MR) is 160 cm³/mol. The van der Waals surface area contributed by atoms with Gasteiger partial charge in [0.15, 0.2) is 5.16 Å². The third-order valence-corrected chi connectivity index (χ3v) is 12.3. The topological polar surface area (TPSA) is 113 Å². The van der Waals surface area contributed by atoms with Gasteiger partial charge in [0.05, 0.1) is 18.0 Å². The number of nitrogens with zero attached hydrogens (tertiary/aromatic N) is 3. The van der Waals surface area contributed by atoms with E-state index in [4.69, 9.17) is 4.74 Å². The first-order valence-corrected chi connectivity index (χ1v) is 16.3. The molecule has 3 saturated carbocycles. The number of aliphatic hydroxyl groups excluding tert-OH is 2. The van der Waals surface area contributed by atoms with Gasteiger partial charge in [0.25, 0.3) is 0 Å². The smallest absolute Gasteiger partial charge is 0.316 e. The Bertz CT molecular complexity index is 1200. The van der Waals surface area contributed by atoms with Crippen LogP contribution in [0.15, 0.2) is 23.9 Å². The van der Waals surface area contributed by atoms with Crippen molar-refractivity contribution in [3.8, 4) is 0 Å². The molecule has 1 aliphatic heterocycles. The number of aryl methyl sites for hydroxylation is 1. The van der Waals surface area contributed by atoms with Crippen LogP contribution in [0.4, 0.5) is 5.82 Å². The van der Waals surface area contributed by atoms with E-state index in [1.54, 1.807) is 0 Å². The van der Waals surface area contributed by atoms with Crippen molar-refractivity contribution in [2.75, 3.05) is 23.7 Å². The number of Topliss-reactive ketones (excluding diaryl/α,β-unsaturated/α-hetero) is 1. The molecular formula is C32H47N3O5S. The first-order chi connectivity index (χ1) is 19.3. The number of carbonyl (C=O) groups is 2. The van der Waals surface area contributed by atoms with Crippen LogP contribution in [0.25, 0.3) is 0 Å². The van der Waals surface area contributed by atoms with Crippen molar-refractivity contribution in [3.05, 3.63) is 24.4 Å². The van der Waals surface area contributed by atoms with Crippen LogP contribution in [0.2, 0.25) is 0 Å². The van der Waals surface area contributed by atoms with Crippen LogP contribution in [0, 0.1) is 40.9 Å². The minimum atomic E-state index is -0.686. The highest BCUT2D eigenvalue weighted by Crippen LogP contribution is 2.68. The summed E-state index contributed by atoms with van der Waals surface area (Å²) in [7, 11) is 0. The number of β-amino-alcohol motifs (C(OH)–C–C–N with tert-alkyl or cyclic N) is 1. The zero-order valence-electron chi connectivity index (χ0n) is 25.3. The van der Waals surface area contributed by atoms with E-state index in [9.17, 15) is 19.8 Å². The van der Waals surface area contributed by atoms with E-state index in [-0.39, 0.29) is 46.8 Å². The van der Waals surface area contributed by atoms with Crippen molar-refractivity contribution in [3.63, 3.8) is 0 Å². The summed E-state index contributed by atoms with van der Waals surface area (Å²) in [6.45, 7) is 15.8. The van der Waals surface area contributed by atoms with Crippen molar-refractivity contribution in [2.24, 2.45) is 34.0 Å². The van der Waals surface area contributed by atoms with Gasteiger partial charge in [0, 0.05) is 48.0 Å². The molecule has 2 heterocycles. The molecule has 0 radical (unpaired) electrons. The number of ether oxygens (including phenoxy) is 1. The van der Waals surface area contributed by atoms with E-state index >= 15 is 0 Å². The monoisotopic (exact) mass is 585 g/mol. The van der Waals surface area contributed by atoms with Crippen molar-refractivity contribution in [1.82, 2.24) is 9.97 Å². The van der Waals surface area contributed by atoms with E-state index in [2.05, 4.69) is 42.2 Å². The zero-order chi connectivity index (χ0) is 29.7. The number of aliphatic hydroxyl groups is 2. The molecule has 4 aliphatic rings. The molecule has 226 valence electrons. The van der Waals surface area contributed by atoms with E-state index in [1.165, 1.54) is 11.8 Å². The summed E-state index contributed by atoms with van der Waals surface area (Å²) in [5, 5.41) is 22.3. The fourth-order valence-corrected chi connectivity index (χ4v) is 9.41. The average Bonchev–Trinajstić information content (AvgIpc) is 3.30. The van der Waals surface area contributed by atoms with Gasteiger partial charge in [-0.05, 0) is 62.7 Å². The van der Waals surface area contributed by atoms with Crippen molar-refractivity contribution >= 4 is 29.3 Å². The number of thioether (sulfide) groups is 1. The van der Waals surface area contributed by atoms with Crippen LogP contribution in [0.3, 0.4) is 0 Å². The second kappa shape index (κ2) is 11.3. The molecular weight excluding hydrogens is 538 g/mol. The summed E-state index contributed by atoms with van der Waals surface area (Å²) in [5.74, 6) is 0.563. The number of esters is 1. The Morgan fingerprint density at radius 1 is 1.24 bits per heavy atom. The quantitative estimate of drug-likeness (QED) is 0.211. The molecule has 0 spiro atoms. The van der Waals surface area contributed by atoms with Gasteiger partial charge >= 0.3 is 5.97 Å². The summed E-state index contributed by atoms with van der Waals surface area (Å²) in [6, 6.07) is 1.91. The fraction of sp³-hybridized carbons (Fsp3) is 0.750. The van der Waals surface area contributed by atoms with Crippen LogP contribution in [0.1, 0.15) is 78.3 Å². The number of aromatic nitrogens is 2. The second-order valence-electron chi connectivity index (χ2n) is 13.7. The highest BCUT2D eigenvalue weighted by Gasteiger charge is 2.68. The average molecular weight is 586 g/mol. The summed E-state index contributed by atoms with van der Waals surface area (Å²) >= 11 is 1.25. The first-order valence-electron chi connectivity index (χ1n) is 15.3. The van der Waals surface area contributed by atoms with E-state index in [0.29, 0.717) is 24.5 Å². The number of rotatable bonds is 6. The lowest BCUT2D eigenvalue weighted by Gasteiger charge is -2.61. The van der Waals surface area contributed by atoms with Gasteiger partial charge in [0.2, 0.25) is 0 Å². The summed E-state index contributed by atoms with van der Waals surface area (Å²) < 4.78 is 6.36. The van der Waals surface area contributed by atoms with Crippen LogP contribution < -0.4 is 4.90 Å². The van der Waals surface area contributed by atoms with Crippen molar-refractivity contribution in [1.29, 1.82) is 0 Å². The molecule has 8 nitrogen and oxygen atoms in total. The van der Waals surface area contributed by atoms with Gasteiger partial charge < -0.3 is 19.8 Å². The van der Waals surface area contributed by atoms with Gasteiger partial charge in [-0.25, -0.2) is 9.97 Å². The molecule has 2 N–H and O–H groups in total. The van der Waals surface area contributed by atoms with Gasteiger partial charge in [0.1, 0.15) is 17.7 Å². The van der Waals surface area contributed by atoms with Gasteiger partial charge in [-0.2, -0.15) is 0 Å². The van der Waals surface area contributed by atoms with Crippen molar-refractivity contribution in [2.45, 2.75) is 103 Å². The first kappa shape index (κ1) is 30.5. The summed E-state index contributed by atoms with van der Waals surface area (Å²) in [6.07, 6.45) is 5.49. The minimum absolute atomic E-state index is 0.0417. The summed E-state index contributed by atoms with van der Waals surface area (Å²) in [4.78, 5) is 38.4. The highest BCUT2D eigenvalue weighted by molar-refractivity contribution is 7.99. The molecule has 1 aromatic heterocycles. The second-order valence-corrected chi connectivity index (χ2v) is 14.7. The maximum absolute atomic E-state index is 13.6. The Morgan fingerprint density at radius 3 is 2.71 bits per heavy atom. The molecule has 9 heteroatoms. The number of carbonyl (C=O) groups excluding carboxylic acids is 2. The van der Waals surface area contributed by atoms with E-state index in [1.807, 2.05) is 26.0 Å². The lowest BCUT2D eigenvalue weighted by Crippen LogP contribution is -2.63. The van der Waals surface area contributed by atoms with Gasteiger partial charge in [-0.3, -0.25) is 9.59 Å². The number of piperidine rings is 1. The van der Waals surface area contributed by atoms with Gasteiger partial charge in [-0.1, -0.05) is 45.5 Å². The predicted octanol–water partition coefficient (Wildman–Crippen LogP) is 4.74. The zero-order valence-corrected chi connectivity index (χ0v) is 26.1. The lowest BCUT2D eigenvalue weighted by atomic mass is 9.44. The molecule has 5 rings (SSSR count). The summed E-state index contributed by atoms with van der Waals surface area (Å²) in [5.41, 5.74) is -0.689. The molecule has 0 aromatic carbocycles. The van der Waals surface area contributed by atoms with E-state index < -0.39 is 23.0 Å². The molecule has 1 saturated heterocycles. The molecule has 9 atom stereocenters. The highest BCUT2D eigenvalue weighted by atomic mass is 32.2. The number of ketones is 1. The van der Waals surface area contributed by atoms with Crippen molar-refractivity contribution < 1.29 is 24.5 Å². The molecule has 3 aliphatic carbocycles. The third kappa shape index (κ3) is 5.24. The largest absolute Gasteiger partial charge is 0.461 e. The number of hydrogen-bond acceptors (Lipinski definition) is 9. The Balaban J connectivity index is 1.39. The Kier molecular flexibility index (Phi) is 8.38. The standard InChI is InChI=1S/C32H47N3O5S/c1-7-30(5)16-24(31(6)19(2)10-12-32(21(4)28(30)39)13-11-23(37)27(31)32)40-26(38)18-41-29-33-20(3)15-25(34-29)35-14-8-9-22(36)17-35/h7,15,19,21-22,24,27-28,36,39H,1,8-14,16-18H2,2-6H3/t19-,21+,22-,24-,27+,28+,30-,31-,32+/m1/s1. The Labute approximate surface area is 248 Å². The molecule has 2 bridgehead atoms. The fourth-order valence-electron chi connectivity index (χ4n) is 8.73. The van der Waals surface area contributed by atoms with Crippen LogP contribution >= 0.6 is 11.8 Å². The SMILES string of the molecule is C=C[C@]1(C)C[C@@H](OC(=O)CSc2nc(C)cc(N3CCC[C@@H](O)C3)n2)[C@@]2(C)[C@H](C)CC[C@]3(CCC(=O)[C@H]32)[C@@H](C)[C@@H]1O. The molecule has 1 aromatic rings. The normalized spacial score (nSPS) is 40.9. The maximum atomic E-state index is 13.6. The van der Waals surface area contributed by atoms with Gasteiger partial charge in [-0.15, -0.1) is 6.58 Å². The number of anilines is 1. The van der Waals surface area contributed by atoms with Crippen LogP contribution in [0.5, 0.6) is 0 Å². The lowest BCUT2D eigenvalue weighted by molar-refractivity contribution is -0.205. The number of hydrogen-bond donors (Lipinski definition) is 2. The Morgan fingerprint density at radius 2 is 2.00 bits per heavy atom.